The largest absolute Gasteiger partial charge is 0.469 e. The maximum Gasteiger partial charge on any atom is 0.312 e. The molecule has 3 rings (SSSR count). The lowest BCUT2D eigenvalue weighted by atomic mass is 9.77. The second-order valence-electron chi connectivity index (χ2n) is 6.46. The lowest BCUT2D eigenvalue weighted by molar-refractivity contribution is -0.151. The van der Waals surface area contributed by atoms with E-state index >= 15 is 0 Å². The Hall–Kier alpha value is -1.40. The van der Waals surface area contributed by atoms with Crippen molar-refractivity contribution >= 4 is 11.9 Å². The number of amides is 1. The molecule has 1 spiro atoms. The van der Waals surface area contributed by atoms with Crippen LogP contribution in [0.3, 0.4) is 0 Å². The zero-order chi connectivity index (χ0) is 15.9. The third kappa shape index (κ3) is 2.34. The predicted octanol–water partition coefficient (Wildman–Crippen LogP) is 0.756. The van der Waals surface area contributed by atoms with E-state index in [0.717, 1.165) is 6.42 Å². The van der Waals surface area contributed by atoms with Crippen molar-refractivity contribution in [2.45, 2.75) is 38.1 Å². The van der Waals surface area contributed by atoms with E-state index in [2.05, 4.69) is 0 Å². The van der Waals surface area contributed by atoms with E-state index in [4.69, 9.17) is 14.2 Å². The van der Waals surface area contributed by atoms with Crippen LogP contribution < -0.4 is 0 Å². The van der Waals surface area contributed by atoms with Crippen LogP contribution in [0.4, 0.5) is 0 Å². The van der Waals surface area contributed by atoms with Gasteiger partial charge in [-0.2, -0.15) is 0 Å². The molecule has 0 N–H and O–H groups in total. The van der Waals surface area contributed by atoms with Gasteiger partial charge in [0.2, 0.25) is 5.91 Å². The van der Waals surface area contributed by atoms with Crippen LogP contribution in [0.5, 0.6) is 0 Å². The SMILES string of the molecule is COC(=O)[C@H]1[C@@H]2C=C[C@]3(CN(CCCOC(C)C)C(=O)[C@@H]13)O2. The number of carbonyl (C=O) groups excluding carboxylic acids is 2. The highest BCUT2D eigenvalue weighted by atomic mass is 16.5. The number of ether oxygens (including phenoxy) is 3. The molecule has 2 bridgehead atoms. The number of hydrogen-bond donors (Lipinski definition) is 0. The first kappa shape index (κ1) is 15.5. The lowest BCUT2D eigenvalue weighted by Crippen LogP contribution is -2.39. The van der Waals surface area contributed by atoms with Crippen molar-refractivity contribution in [3.05, 3.63) is 12.2 Å². The highest BCUT2D eigenvalue weighted by Gasteiger charge is 2.67. The molecule has 122 valence electrons. The van der Waals surface area contributed by atoms with Gasteiger partial charge in [0.05, 0.1) is 31.8 Å². The van der Waals surface area contributed by atoms with Crippen molar-refractivity contribution in [1.82, 2.24) is 4.90 Å². The minimum atomic E-state index is -0.639. The Morgan fingerprint density at radius 1 is 1.55 bits per heavy atom. The zero-order valence-electron chi connectivity index (χ0n) is 13.3. The van der Waals surface area contributed by atoms with Crippen molar-refractivity contribution in [3.8, 4) is 0 Å². The normalized spacial score (nSPS) is 35.5. The molecule has 0 saturated carbocycles. The topological polar surface area (TPSA) is 65.1 Å². The molecule has 3 heterocycles. The Balaban J connectivity index is 1.66. The molecule has 0 aromatic heterocycles. The van der Waals surface area contributed by atoms with Gasteiger partial charge >= 0.3 is 5.97 Å². The Kier molecular flexibility index (Phi) is 3.99. The average Bonchev–Trinajstić information content (AvgIpc) is 3.11. The number of rotatable bonds is 6. The highest BCUT2D eigenvalue weighted by molar-refractivity contribution is 5.91. The molecule has 0 aliphatic carbocycles. The molecular formula is C16H23NO5. The molecule has 3 aliphatic rings. The van der Waals surface area contributed by atoms with E-state index in [9.17, 15) is 9.59 Å². The van der Waals surface area contributed by atoms with Crippen LogP contribution >= 0.6 is 0 Å². The monoisotopic (exact) mass is 309 g/mol. The van der Waals surface area contributed by atoms with Gasteiger partial charge in [-0.3, -0.25) is 9.59 Å². The van der Waals surface area contributed by atoms with Crippen molar-refractivity contribution in [2.75, 3.05) is 26.8 Å². The number of nitrogens with zero attached hydrogens (tertiary/aromatic N) is 1. The fraction of sp³-hybridized carbons (Fsp3) is 0.750. The number of methoxy groups -OCH3 is 1. The molecular weight excluding hydrogens is 286 g/mol. The third-order valence-corrected chi connectivity index (χ3v) is 4.68. The van der Waals surface area contributed by atoms with Gasteiger partial charge in [0, 0.05) is 13.2 Å². The second-order valence-corrected chi connectivity index (χ2v) is 6.46. The lowest BCUT2D eigenvalue weighted by Gasteiger charge is -2.22. The first-order valence-electron chi connectivity index (χ1n) is 7.84. The minimum Gasteiger partial charge on any atom is -0.469 e. The molecule has 0 unspecified atom stereocenters. The molecule has 22 heavy (non-hydrogen) atoms. The van der Waals surface area contributed by atoms with E-state index in [0.29, 0.717) is 19.7 Å². The molecule has 0 aromatic rings. The second kappa shape index (κ2) is 5.66. The molecule has 4 atom stereocenters. The van der Waals surface area contributed by atoms with E-state index in [1.54, 1.807) is 4.90 Å². The molecule has 3 aliphatic heterocycles. The summed E-state index contributed by atoms with van der Waals surface area (Å²) in [5, 5.41) is 0. The molecule has 2 saturated heterocycles. The number of fused-ring (bicyclic) bond motifs is 1. The molecule has 1 amide bonds. The van der Waals surface area contributed by atoms with Crippen LogP contribution in [0.25, 0.3) is 0 Å². The van der Waals surface area contributed by atoms with E-state index in [-0.39, 0.29) is 24.1 Å². The Morgan fingerprint density at radius 2 is 2.32 bits per heavy atom. The van der Waals surface area contributed by atoms with Gasteiger partial charge in [0.15, 0.2) is 0 Å². The summed E-state index contributed by atoms with van der Waals surface area (Å²) in [6, 6.07) is 0. The molecule has 6 heteroatoms. The summed E-state index contributed by atoms with van der Waals surface area (Å²) in [7, 11) is 1.35. The molecule has 0 aromatic carbocycles. The Morgan fingerprint density at radius 3 is 3.00 bits per heavy atom. The van der Waals surface area contributed by atoms with Gasteiger partial charge < -0.3 is 19.1 Å². The number of esters is 1. The standard InChI is InChI=1S/C16H23NO5/c1-10(2)21-8-4-7-17-9-16-6-5-11(22-16)12(15(19)20-3)13(16)14(17)18/h5-6,10-13H,4,7-9H2,1-3H3/t11-,12-,13+,16+/m0/s1. The Labute approximate surface area is 130 Å². The first-order chi connectivity index (χ1) is 10.5. The summed E-state index contributed by atoms with van der Waals surface area (Å²) in [5.74, 6) is -1.33. The van der Waals surface area contributed by atoms with Crippen LogP contribution in [-0.2, 0) is 23.8 Å². The fourth-order valence-corrected chi connectivity index (χ4v) is 3.75. The predicted molar refractivity (Wildman–Crippen MR) is 78.0 cm³/mol. The van der Waals surface area contributed by atoms with Crippen LogP contribution in [0.15, 0.2) is 12.2 Å². The average molecular weight is 309 g/mol. The van der Waals surface area contributed by atoms with Gasteiger partial charge in [-0.1, -0.05) is 12.2 Å². The highest BCUT2D eigenvalue weighted by Crippen LogP contribution is 2.52. The maximum absolute atomic E-state index is 12.7. The van der Waals surface area contributed by atoms with E-state index in [1.165, 1.54) is 7.11 Å². The minimum absolute atomic E-state index is 0.00760. The van der Waals surface area contributed by atoms with Crippen LogP contribution in [-0.4, -0.2) is 61.4 Å². The quantitative estimate of drug-likeness (QED) is 0.412. The van der Waals surface area contributed by atoms with E-state index in [1.807, 2.05) is 26.0 Å². The fourth-order valence-electron chi connectivity index (χ4n) is 3.75. The Bertz CT molecular complexity index is 503. The zero-order valence-corrected chi connectivity index (χ0v) is 13.3. The van der Waals surface area contributed by atoms with E-state index < -0.39 is 17.4 Å². The summed E-state index contributed by atoms with van der Waals surface area (Å²) in [6.45, 7) is 5.74. The summed E-state index contributed by atoms with van der Waals surface area (Å²) in [5.41, 5.74) is -0.639. The van der Waals surface area contributed by atoms with Gasteiger partial charge in [0.25, 0.3) is 0 Å². The van der Waals surface area contributed by atoms with Crippen LogP contribution in [0.1, 0.15) is 20.3 Å². The van der Waals surface area contributed by atoms with Gasteiger partial charge in [-0.15, -0.1) is 0 Å². The molecule has 2 fully saturated rings. The smallest absolute Gasteiger partial charge is 0.312 e. The number of likely N-dealkylation sites (tertiary alicyclic amines) is 1. The van der Waals surface area contributed by atoms with Crippen molar-refractivity contribution in [3.63, 3.8) is 0 Å². The maximum atomic E-state index is 12.7. The number of hydrogen-bond acceptors (Lipinski definition) is 5. The summed E-state index contributed by atoms with van der Waals surface area (Å²) >= 11 is 0. The molecule has 6 nitrogen and oxygen atoms in total. The third-order valence-electron chi connectivity index (χ3n) is 4.68. The van der Waals surface area contributed by atoms with Crippen LogP contribution in [0, 0.1) is 11.8 Å². The first-order valence-corrected chi connectivity index (χ1v) is 7.84. The number of carbonyl (C=O) groups is 2. The van der Waals surface area contributed by atoms with Gasteiger partial charge in [-0.25, -0.2) is 0 Å². The van der Waals surface area contributed by atoms with Gasteiger partial charge in [-0.05, 0) is 20.3 Å². The van der Waals surface area contributed by atoms with Crippen molar-refractivity contribution in [2.24, 2.45) is 11.8 Å². The summed E-state index contributed by atoms with van der Waals surface area (Å²) in [4.78, 5) is 26.5. The van der Waals surface area contributed by atoms with Gasteiger partial charge in [0.1, 0.15) is 11.5 Å². The van der Waals surface area contributed by atoms with Crippen molar-refractivity contribution in [1.29, 1.82) is 0 Å². The molecule has 0 radical (unpaired) electrons. The van der Waals surface area contributed by atoms with Crippen molar-refractivity contribution < 1.29 is 23.8 Å². The van der Waals surface area contributed by atoms with Crippen LogP contribution in [0.2, 0.25) is 0 Å². The summed E-state index contributed by atoms with van der Waals surface area (Å²) < 4.78 is 16.3. The summed E-state index contributed by atoms with van der Waals surface area (Å²) in [6.07, 6.45) is 4.48.